The third-order valence-electron chi connectivity index (χ3n) is 5.04. The van der Waals surface area contributed by atoms with Crippen LogP contribution in [-0.2, 0) is 6.42 Å². The third kappa shape index (κ3) is 1.90. The number of piperidine rings is 2. The average Bonchev–Trinajstić information content (AvgIpc) is 2.74. The zero-order valence-corrected chi connectivity index (χ0v) is 11.4. The van der Waals surface area contributed by atoms with E-state index in [-0.39, 0.29) is 0 Å². The maximum Gasteiger partial charge on any atom is 0.0447 e. The Kier molecular flexibility index (Phi) is 2.66. The molecule has 2 heteroatoms. The van der Waals surface area contributed by atoms with Crippen LogP contribution in [0.4, 0.5) is 5.69 Å². The average molecular weight is 254 g/mol. The van der Waals surface area contributed by atoms with Crippen molar-refractivity contribution in [3.05, 3.63) is 42.1 Å². The van der Waals surface area contributed by atoms with Crippen molar-refractivity contribution in [2.75, 3.05) is 4.90 Å². The molecule has 3 aliphatic rings. The van der Waals surface area contributed by atoms with Crippen LogP contribution in [0.5, 0.6) is 0 Å². The fourth-order valence-corrected chi connectivity index (χ4v) is 4.27. The molecule has 3 aliphatic heterocycles. The zero-order valence-electron chi connectivity index (χ0n) is 11.4. The van der Waals surface area contributed by atoms with E-state index in [1.165, 1.54) is 49.1 Å². The number of nitrogens with one attached hydrogen (secondary N) is 1. The summed E-state index contributed by atoms with van der Waals surface area (Å²) < 4.78 is 0. The molecule has 2 atom stereocenters. The molecule has 0 spiro atoms. The highest BCUT2D eigenvalue weighted by molar-refractivity contribution is 5.65. The summed E-state index contributed by atoms with van der Waals surface area (Å²) in [6.45, 7) is 4.32. The molecule has 2 fully saturated rings. The monoisotopic (exact) mass is 254 g/mol. The lowest BCUT2D eigenvalue weighted by Gasteiger charge is -2.44. The van der Waals surface area contributed by atoms with Crippen molar-refractivity contribution in [1.82, 2.24) is 5.32 Å². The number of rotatable bonds is 1. The van der Waals surface area contributed by atoms with Crippen molar-refractivity contribution in [2.45, 2.75) is 56.7 Å². The Hall–Kier alpha value is -1.28. The van der Waals surface area contributed by atoms with Gasteiger partial charge in [-0.05, 0) is 37.3 Å². The van der Waals surface area contributed by atoms with Crippen LogP contribution >= 0.6 is 0 Å². The van der Waals surface area contributed by atoms with Crippen LogP contribution in [0.15, 0.2) is 36.5 Å². The lowest BCUT2D eigenvalue weighted by molar-refractivity contribution is 0.220. The number of benzene rings is 1. The summed E-state index contributed by atoms with van der Waals surface area (Å²) in [4.78, 5) is 2.54. The van der Waals surface area contributed by atoms with Gasteiger partial charge in [-0.2, -0.15) is 0 Å². The second-order valence-corrected chi connectivity index (χ2v) is 6.36. The summed E-state index contributed by atoms with van der Waals surface area (Å²) in [5.41, 5.74) is 4.17. The topological polar surface area (TPSA) is 15.3 Å². The molecule has 3 heterocycles. The number of allylic oxidation sites excluding steroid dienone is 1. The molecule has 0 aliphatic carbocycles. The van der Waals surface area contributed by atoms with E-state index < -0.39 is 0 Å². The van der Waals surface area contributed by atoms with Gasteiger partial charge in [-0.1, -0.05) is 31.2 Å². The van der Waals surface area contributed by atoms with Crippen molar-refractivity contribution in [2.24, 2.45) is 0 Å². The lowest BCUT2D eigenvalue weighted by atomic mass is 9.83. The summed E-state index contributed by atoms with van der Waals surface area (Å²) in [6, 6.07) is 11.0. The second kappa shape index (κ2) is 4.38. The van der Waals surface area contributed by atoms with Gasteiger partial charge in [0.05, 0.1) is 0 Å². The SMILES string of the molecule is C=C1Cc2ccccc2N1C1CC2CCCC(C1)N2. The molecule has 2 nitrogen and oxygen atoms in total. The van der Waals surface area contributed by atoms with E-state index in [0.717, 1.165) is 18.5 Å². The van der Waals surface area contributed by atoms with Crippen LogP contribution in [0, 0.1) is 0 Å². The predicted molar refractivity (Wildman–Crippen MR) is 79.3 cm³/mol. The van der Waals surface area contributed by atoms with Gasteiger partial charge in [0.2, 0.25) is 0 Å². The van der Waals surface area contributed by atoms with Gasteiger partial charge in [0.1, 0.15) is 0 Å². The van der Waals surface area contributed by atoms with Crippen LogP contribution in [0.3, 0.4) is 0 Å². The third-order valence-corrected chi connectivity index (χ3v) is 5.04. The minimum Gasteiger partial charge on any atom is -0.342 e. The van der Waals surface area contributed by atoms with Gasteiger partial charge in [-0.25, -0.2) is 0 Å². The molecule has 4 rings (SSSR count). The molecular formula is C17H22N2. The number of fused-ring (bicyclic) bond motifs is 3. The van der Waals surface area contributed by atoms with Crippen molar-refractivity contribution >= 4 is 5.69 Å². The molecular weight excluding hydrogens is 232 g/mol. The molecule has 2 unspecified atom stereocenters. The maximum atomic E-state index is 4.32. The molecule has 0 radical (unpaired) electrons. The smallest absolute Gasteiger partial charge is 0.0447 e. The molecule has 100 valence electrons. The molecule has 1 aromatic rings. The van der Waals surface area contributed by atoms with Crippen molar-refractivity contribution in [3.8, 4) is 0 Å². The molecule has 1 aromatic carbocycles. The number of hydrogen-bond donors (Lipinski definition) is 1. The van der Waals surface area contributed by atoms with E-state index in [1.807, 2.05) is 0 Å². The summed E-state index contributed by atoms with van der Waals surface area (Å²) in [5.74, 6) is 0. The number of anilines is 1. The van der Waals surface area contributed by atoms with Crippen LogP contribution in [0.2, 0.25) is 0 Å². The molecule has 0 amide bonds. The summed E-state index contributed by atoms with van der Waals surface area (Å²) in [7, 11) is 0. The second-order valence-electron chi connectivity index (χ2n) is 6.36. The van der Waals surface area contributed by atoms with E-state index in [0.29, 0.717) is 6.04 Å². The highest BCUT2D eigenvalue weighted by Crippen LogP contribution is 2.39. The quantitative estimate of drug-likeness (QED) is 0.827. The largest absolute Gasteiger partial charge is 0.342 e. The highest BCUT2D eigenvalue weighted by Gasteiger charge is 2.37. The lowest BCUT2D eigenvalue weighted by Crippen LogP contribution is -2.54. The molecule has 0 aromatic heterocycles. The van der Waals surface area contributed by atoms with Crippen molar-refractivity contribution in [1.29, 1.82) is 0 Å². The molecule has 2 saturated heterocycles. The Morgan fingerprint density at radius 1 is 1.11 bits per heavy atom. The minimum absolute atomic E-state index is 0.660. The number of para-hydroxylation sites is 1. The first-order valence-corrected chi connectivity index (χ1v) is 7.62. The normalized spacial score (nSPS) is 33.4. The van der Waals surface area contributed by atoms with Crippen LogP contribution in [-0.4, -0.2) is 18.1 Å². The Labute approximate surface area is 115 Å². The fraction of sp³-hybridized carbons (Fsp3) is 0.529. The summed E-state index contributed by atoms with van der Waals surface area (Å²) >= 11 is 0. The Bertz CT molecular complexity index is 496. The Balaban J connectivity index is 1.64. The first kappa shape index (κ1) is 11.5. The van der Waals surface area contributed by atoms with E-state index in [2.05, 4.69) is 41.1 Å². The van der Waals surface area contributed by atoms with E-state index in [4.69, 9.17) is 0 Å². The van der Waals surface area contributed by atoms with E-state index in [9.17, 15) is 0 Å². The number of nitrogens with zero attached hydrogens (tertiary/aromatic N) is 1. The fourth-order valence-electron chi connectivity index (χ4n) is 4.27. The first-order chi connectivity index (χ1) is 9.31. The molecule has 1 N–H and O–H groups in total. The standard InChI is InChI=1S/C17H22N2/c1-12-9-13-5-2-3-8-17(13)19(12)16-10-14-6-4-7-15(11-16)18-14/h2-3,5,8,14-16,18H,1,4,6-7,9-11H2. The zero-order chi connectivity index (χ0) is 12.8. The van der Waals surface area contributed by atoms with E-state index in [1.54, 1.807) is 0 Å². The van der Waals surface area contributed by atoms with Gasteiger partial charge < -0.3 is 10.2 Å². The van der Waals surface area contributed by atoms with Gasteiger partial charge in [-0.3, -0.25) is 0 Å². The maximum absolute atomic E-state index is 4.32. The van der Waals surface area contributed by atoms with Crippen LogP contribution in [0.1, 0.15) is 37.7 Å². The highest BCUT2D eigenvalue weighted by atomic mass is 15.2. The predicted octanol–water partition coefficient (Wildman–Crippen LogP) is 3.24. The Morgan fingerprint density at radius 2 is 1.84 bits per heavy atom. The van der Waals surface area contributed by atoms with Crippen molar-refractivity contribution < 1.29 is 0 Å². The van der Waals surface area contributed by atoms with Gasteiger partial charge in [0.15, 0.2) is 0 Å². The van der Waals surface area contributed by atoms with Crippen LogP contribution in [0.25, 0.3) is 0 Å². The first-order valence-electron chi connectivity index (χ1n) is 7.62. The van der Waals surface area contributed by atoms with Gasteiger partial charge in [0.25, 0.3) is 0 Å². The molecule has 0 saturated carbocycles. The van der Waals surface area contributed by atoms with Gasteiger partial charge in [0, 0.05) is 35.9 Å². The Morgan fingerprint density at radius 3 is 2.63 bits per heavy atom. The van der Waals surface area contributed by atoms with E-state index >= 15 is 0 Å². The minimum atomic E-state index is 0.660. The van der Waals surface area contributed by atoms with Gasteiger partial charge in [-0.15, -0.1) is 0 Å². The van der Waals surface area contributed by atoms with Crippen LogP contribution < -0.4 is 10.2 Å². The van der Waals surface area contributed by atoms with Crippen molar-refractivity contribution in [3.63, 3.8) is 0 Å². The molecule has 2 bridgehead atoms. The number of hydrogen-bond acceptors (Lipinski definition) is 2. The van der Waals surface area contributed by atoms with Gasteiger partial charge >= 0.3 is 0 Å². The summed E-state index contributed by atoms with van der Waals surface area (Å²) in [5, 5.41) is 3.79. The molecule has 19 heavy (non-hydrogen) atoms. The summed E-state index contributed by atoms with van der Waals surface area (Å²) in [6.07, 6.45) is 7.72.